The molecule has 5 N–H and O–H groups in total. The summed E-state index contributed by atoms with van der Waals surface area (Å²) in [5.74, 6) is 1.55. The summed E-state index contributed by atoms with van der Waals surface area (Å²) in [7, 11) is 17.2. The second kappa shape index (κ2) is 87.4. The Morgan fingerprint density at radius 3 is 1.03 bits per heavy atom. The largest absolute Gasteiger partial charge is 0.491 e. The number of alkyl carbamates (subject to hydrolysis) is 4. The van der Waals surface area contributed by atoms with Gasteiger partial charge in [-0.2, -0.15) is 0 Å². The van der Waals surface area contributed by atoms with Crippen molar-refractivity contribution in [2.45, 2.75) is 162 Å². The predicted octanol–water partition coefficient (Wildman–Crippen LogP) is 6.65. The number of rotatable bonds is 65. The molecule has 3 atom stereocenters. The first-order valence-electron chi connectivity index (χ1n) is 37.8. The number of carbonyl (C=O) groups excluding carboxylic acids is 11. The Labute approximate surface area is 670 Å². The third-order valence-electron chi connectivity index (χ3n) is 14.3. The van der Waals surface area contributed by atoms with Crippen LogP contribution >= 0.6 is 0 Å². The molecular formula is C77H141N5O31. The summed E-state index contributed by atoms with van der Waals surface area (Å²) >= 11 is 0. The minimum Gasteiger partial charge on any atom is -0.491 e. The standard InChI is InChI=1S/C24H45N3O11.C13H18O4.C12H22N2O6.C12H24O4.C10H20O4.C6H12O2/c1-20(28)6-4-9-32-12-14-34-16-17-35-15-13-33-11-8-27-22(29)7-5-10-36-21(18-37-23(30)25-2)19-38-24(31)26-3;1-10(14)11-4-6-12(7-5-11)17-9-13(16-3)8-15-2;1-9(15)5-4-6-18-10(7-19-11(16)13-2)8-20-12(17)14-3;1-11(13)6-4-5-8-16-9-7-12(15-3)10-14-2;1-9(11)5-4-6-14-8-10(13-3)7-12-2;1-6(7)4-3-5-8-2/h21H,4-19H2,1-3H3,(H,25,30)(H,26,31)(H,27,29);4-7,13H,8-9H2,1-3H3;10H,4-8H2,1-3H3,(H,13,16)(H,14,17);12H,4-10H2,1-3H3;10H,4-8H2,1-3H3;3-5H2,1-2H3. The zero-order valence-corrected chi connectivity index (χ0v) is 70.7. The molecule has 0 saturated carbocycles. The molecule has 1 aromatic rings. The van der Waals surface area contributed by atoms with Gasteiger partial charge in [0.2, 0.25) is 5.91 Å². The summed E-state index contributed by atoms with van der Waals surface area (Å²) in [5, 5.41) is 12.0. The Kier molecular flexibility index (Phi) is 88.6. The lowest BCUT2D eigenvalue weighted by molar-refractivity contribution is -0.122. The number of carbonyl (C=O) groups is 11. The summed E-state index contributed by atoms with van der Waals surface area (Å²) in [6.07, 6.45) is 5.49. The number of benzene rings is 1. The van der Waals surface area contributed by atoms with Crippen LogP contribution in [-0.2, 0) is 119 Å². The van der Waals surface area contributed by atoms with Crippen LogP contribution in [0.25, 0.3) is 0 Å². The molecule has 0 saturated heterocycles. The van der Waals surface area contributed by atoms with Crippen molar-refractivity contribution in [3.63, 3.8) is 0 Å². The Morgan fingerprint density at radius 1 is 0.310 bits per heavy atom. The van der Waals surface area contributed by atoms with E-state index in [9.17, 15) is 52.7 Å². The lowest BCUT2D eigenvalue weighted by Crippen LogP contribution is -2.33. The average molecular weight is 1630 g/mol. The van der Waals surface area contributed by atoms with Crippen LogP contribution in [0.5, 0.6) is 5.75 Å². The molecule has 0 radical (unpaired) electrons. The molecule has 0 fully saturated rings. The van der Waals surface area contributed by atoms with Gasteiger partial charge >= 0.3 is 24.4 Å². The normalized spacial score (nSPS) is 11.2. The SMILES string of the molecule is CNC(=O)OCC(COC(=O)NC)OCCCC(=O)NCCOCCOCCOCCOCCCC(C)=O.CNC(=O)OCC(COC(=O)NC)OCCCC(C)=O.COCC(CCOCCCCC(C)=O)OC.COCC(COCCCC(C)=O)OC.COCC(COc1ccc(C(C)=O)cc1)OC.COCCCC(C)=O. The van der Waals surface area contributed by atoms with Gasteiger partial charge in [0, 0.05) is 175 Å². The number of amides is 5. The van der Waals surface area contributed by atoms with Gasteiger partial charge in [-0.3, -0.25) is 9.59 Å². The summed E-state index contributed by atoms with van der Waals surface area (Å²) in [6, 6.07) is 7.04. The quantitative estimate of drug-likeness (QED) is 0.0259. The molecule has 1 aromatic carbocycles. The summed E-state index contributed by atoms with van der Waals surface area (Å²) in [4.78, 5) is 121. The van der Waals surface area contributed by atoms with Crippen LogP contribution in [0.3, 0.4) is 0 Å². The average Bonchev–Trinajstić information content (AvgIpc) is 0.893. The minimum atomic E-state index is -0.654. The number of hydrogen-bond acceptors (Lipinski definition) is 31. The Bertz CT molecular complexity index is 2450. The van der Waals surface area contributed by atoms with E-state index in [4.69, 9.17) is 94.7 Å². The maximum absolute atomic E-state index is 11.9. The zero-order valence-electron chi connectivity index (χ0n) is 70.7. The fraction of sp³-hybridized carbons (Fsp3) is 0.779. The van der Waals surface area contributed by atoms with Gasteiger partial charge in [-0.25, -0.2) is 19.2 Å². The highest BCUT2D eigenvalue weighted by atomic mass is 16.6. The van der Waals surface area contributed by atoms with Gasteiger partial charge in [0.05, 0.1) is 78.8 Å². The predicted molar refractivity (Wildman–Crippen MR) is 419 cm³/mol. The Morgan fingerprint density at radius 2 is 0.646 bits per heavy atom. The molecule has 0 spiro atoms. The number of ether oxygens (including phenoxy) is 20. The van der Waals surface area contributed by atoms with Crippen LogP contribution in [0.4, 0.5) is 19.2 Å². The molecule has 36 heteroatoms. The van der Waals surface area contributed by atoms with Crippen LogP contribution in [0.1, 0.15) is 142 Å². The van der Waals surface area contributed by atoms with E-state index >= 15 is 0 Å². The molecule has 0 aliphatic carbocycles. The van der Waals surface area contributed by atoms with Gasteiger partial charge in [0.25, 0.3) is 0 Å². The highest BCUT2D eigenvalue weighted by Gasteiger charge is 2.18. The van der Waals surface area contributed by atoms with E-state index < -0.39 is 36.6 Å². The molecule has 0 aromatic heterocycles. The third kappa shape index (κ3) is 90.4. The van der Waals surface area contributed by atoms with Crippen molar-refractivity contribution < 1.29 is 147 Å². The molecule has 0 bridgehead atoms. The van der Waals surface area contributed by atoms with E-state index in [0.29, 0.717) is 175 Å². The van der Waals surface area contributed by atoms with Gasteiger partial charge < -0.3 is 145 Å². The first kappa shape index (κ1) is 115. The van der Waals surface area contributed by atoms with Crippen molar-refractivity contribution in [2.24, 2.45) is 0 Å². The van der Waals surface area contributed by atoms with E-state index in [1.807, 2.05) is 0 Å². The Balaban J connectivity index is -0.000000442. The van der Waals surface area contributed by atoms with Crippen LogP contribution in [0, 0.1) is 0 Å². The first-order valence-corrected chi connectivity index (χ1v) is 37.8. The first-order chi connectivity index (χ1) is 54.2. The van der Waals surface area contributed by atoms with E-state index in [0.717, 1.165) is 45.1 Å². The molecule has 113 heavy (non-hydrogen) atoms. The van der Waals surface area contributed by atoms with Gasteiger partial charge in [0.15, 0.2) is 5.78 Å². The second-order valence-electron chi connectivity index (χ2n) is 24.5. The lowest BCUT2D eigenvalue weighted by atomic mass is 10.1. The number of hydrogen-bond donors (Lipinski definition) is 5. The monoisotopic (exact) mass is 1630 g/mol. The van der Waals surface area contributed by atoms with Crippen molar-refractivity contribution >= 4 is 65.0 Å². The minimum absolute atomic E-state index is 0.0164. The molecule has 660 valence electrons. The molecule has 36 nitrogen and oxygen atoms in total. The molecule has 5 amide bonds. The Hall–Kier alpha value is -7.01. The fourth-order valence-corrected chi connectivity index (χ4v) is 8.01. The summed E-state index contributed by atoms with van der Waals surface area (Å²) < 4.78 is 104. The zero-order chi connectivity index (χ0) is 85.8. The molecule has 0 heterocycles. The van der Waals surface area contributed by atoms with Gasteiger partial charge in [0.1, 0.15) is 92.1 Å². The number of Topliss-reactive ketones (excluding diaryl/α,β-unsaturated/α-hetero) is 6. The van der Waals surface area contributed by atoms with Gasteiger partial charge in [-0.05, 0) is 117 Å². The van der Waals surface area contributed by atoms with Gasteiger partial charge in [-0.15, -0.1) is 0 Å². The highest BCUT2D eigenvalue weighted by Crippen LogP contribution is 2.14. The van der Waals surface area contributed by atoms with Gasteiger partial charge in [-0.1, -0.05) is 0 Å². The van der Waals surface area contributed by atoms with E-state index in [1.54, 1.807) is 102 Å². The van der Waals surface area contributed by atoms with Crippen LogP contribution in [0.2, 0.25) is 0 Å². The van der Waals surface area contributed by atoms with Crippen LogP contribution in [-0.4, -0.2) is 332 Å². The maximum Gasteiger partial charge on any atom is 0.406 e. The fourth-order valence-electron chi connectivity index (χ4n) is 8.01. The van der Waals surface area contributed by atoms with Crippen molar-refractivity contribution in [1.82, 2.24) is 26.6 Å². The second-order valence-corrected chi connectivity index (χ2v) is 24.5. The molecule has 0 aliphatic rings. The lowest BCUT2D eigenvalue weighted by Gasteiger charge is -2.17. The van der Waals surface area contributed by atoms with E-state index in [1.165, 1.54) is 42.0 Å². The highest BCUT2D eigenvalue weighted by molar-refractivity contribution is 5.94. The van der Waals surface area contributed by atoms with E-state index in [-0.39, 0.29) is 98.4 Å². The molecule has 1 rings (SSSR count). The number of ketones is 6. The van der Waals surface area contributed by atoms with E-state index in [2.05, 4.69) is 26.6 Å². The van der Waals surface area contributed by atoms with Crippen LogP contribution < -0.4 is 31.3 Å². The van der Waals surface area contributed by atoms with Crippen molar-refractivity contribution in [3.05, 3.63) is 29.8 Å². The van der Waals surface area contributed by atoms with Crippen molar-refractivity contribution in [1.29, 1.82) is 0 Å². The molecular weight excluding hydrogens is 1490 g/mol. The molecule has 3 unspecified atom stereocenters. The summed E-state index contributed by atoms with van der Waals surface area (Å²) in [6.45, 7) is 18.9. The number of unbranched alkanes of at least 4 members (excludes halogenated alkanes) is 1. The topological polar surface area (TPSA) is 433 Å². The number of nitrogens with one attached hydrogen (secondary N) is 5. The third-order valence-corrected chi connectivity index (χ3v) is 14.3. The maximum atomic E-state index is 11.9. The smallest absolute Gasteiger partial charge is 0.406 e. The van der Waals surface area contributed by atoms with Crippen LogP contribution in [0.15, 0.2) is 24.3 Å². The summed E-state index contributed by atoms with van der Waals surface area (Å²) in [5.41, 5.74) is 0.678. The van der Waals surface area contributed by atoms with Crippen molar-refractivity contribution in [2.75, 3.05) is 236 Å². The molecule has 0 aliphatic heterocycles. The van der Waals surface area contributed by atoms with Crippen molar-refractivity contribution in [3.8, 4) is 5.75 Å². The number of methoxy groups -OCH3 is 7.